The standard InChI is InChI=1S/C21H22N8O6S2/c1-34-16-3-2-14(12-22-16)21(37(32,33)28-20-23-10-13(11-24-20)19(30)27-31)25-15-4-9-36-17(15)18(26-21)29-5-7-35-8-6-29/h2-4,9-12,25,31H,5-8H2,1H3,(H,27,30)(H,23,24,28). The van der Waals surface area contributed by atoms with Crippen molar-refractivity contribution < 1.29 is 27.9 Å². The maximum Gasteiger partial charge on any atom is 0.285 e. The lowest BCUT2D eigenvalue weighted by atomic mass is 10.1. The molecule has 5 heterocycles. The molecule has 14 nitrogen and oxygen atoms in total. The number of amidine groups is 1. The van der Waals surface area contributed by atoms with Crippen LogP contribution in [0.4, 0.5) is 11.6 Å². The van der Waals surface area contributed by atoms with Crippen LogP contribution in [0.5, 0.6) is 5.88 Å². The lowest BCUT2D eigenvalue weighted by molar-refractivity contribution is 0.0680. The van der Waals surface area contributed by atoms with Crippen LogP contribution in [0.1, 0.15) is 20.8 Å². The molecule has 1 amide bonds. The summed E-state index contributed by atoms with van der Waals surface area (Å²) in [5, 5.41) is 13.7. The van der Waals surface area contributed by atoms with Crippen molar-refractivity contribution in [2.24, 2.45) is 4.99 Å². The van der Waals surface area contributed by atoms with Crippen molar-refractivity contribution in [3.05, 3.63) is 58.2 Å². The van der Waals surface area contributed by atoms with E-state index in [1.165, 1.54) is 30.1 Å². The van der Waals surface area contributed by atoms with E-state index < -0.39 is 20.9 Å². The van der Waals surface area contributed by atoms with E-state index in [-0.39, 0.29) is 17.1 Å². The predicted octanol–water partition coefficient (Wildman–Crippen LogP) is 0.817. The molecule has 0 saturated carbocycles. The third kappa shape index (κ3) is 4.55. The molecule has 3 aromatic rings. The second-order valence-corrected chi connectivity index (χ2v) is 10.6. The number of hydrogen-bond acceptors (Lipinski definition) is 13. The fraction of sp³-hybridized carbons (Fsp3) is 0.286. The first kappa shape index (κ1) is 24.8. The van der Waals surface area contributed by atoms with Gasteiger partial charge in [0.05, 0.1) is 36.5 Å². The Bertz CT molecular complexity index is 1420. The van der Waals surface area contributed by atoms with Crippen molar-refractivity contribution in [2.45, 2.75) is 4.99 Å². The number of ether oxygens (including phenoxy) is 2. The first-order valence-corrected chi connectivity index (χ1v) is 13.3. The summed E-state index contributed by atoms with van der Waals surface area (Å²) in [5.74, 6) is -0.330. The van der Waals surface area contributed by atoms with Gasteiger partial charge in [0.1, 0.15) is 5.84 Å². The molecule has 1 unspecified atom stereocenters. The van der Waals surface area contributed by atoms with E-state index in [1.807, 2.05) is 10.3 Å². The maximum absolute atomic E-state index is 14.1. The van der Waals surface area contributed by atoms with E-state index in [0.29, 0.717) is 43.7 Å². The molecule has 1 atom stereocenters. The first-order chi connectivity index (χ1) is 17.9. The first-order valence-electron chi connectivity index (χ1n) is 10.9. The summed E-state index contributed by atoms with van der Waals surface area (Å²) >= 11 is 1.44. The van der Waals surface area contributed by atoms with Crippen molar-refractivity contribution in [3.63, 3.8) is 0 Å². The van der Waals surface area contributed by atoms with Gasteiger partial charge in [-0.3, -0.25) is 10.0 Å². The highest BCUT2D eigenvalue weighted by Gasteiger charge is 2.51. The third-order valence-corrected chi connectivity index (χ3v) is 8.28. The van der Waals surface area contributed by atoms with Gasteiger partial charge in [-0.1, -0.05) is 0 Å². The molecule has 1 saturated heterocycles. The van der Waals surface area contributed by atoms with Crippen LogP contribution in [0.3, 0.4) is 0 Å². The molecule has 37 heavy (non-hydrogen) atoms. The lowest BCUT2D eigenvalue weighted by Gasteiger charge is -2.39. The molecule has 194 valence electrons. The maximum atomic E-state index is 14.1. The van der Waals surface area contributed by atoms with Crippen molar-refractivity contribution in [3.8, 4) is 5.88 Å². The molecular weight excluding hydrogens is 524 g/mol. The van der Waals surface area contributed by atoms with Gasteiger partial charge in [0, 0.05) is 43.3 Å². The number of rotatable bonds is 6. The molecule has 0 spiro atoms. The van der Waals surface area contributed by atoms with Gasteiger partial charge in [0.2, 0.25) is 11.8 Å². The number of nitrogens with one attached hydrogen (secondary N) is 3. The summed E-state index contributed by atoms with van der Waals surface area (Å²) in [5.41, 5.74) is 2.21. The van der Waals surface area contributed by atoms with E-state index in [4.69, 9.17) is 19.7 Å². The number of amides is 1. The number of nitrogens with zero attached hydrogens (tertiary/aromatic N) is 5. The Morgan fingerprint density at radius 1 is 1.19 bits per heavy atom. The summed E-state index contributed by atoms with van der Waals surface area (Å²) in [7, 11) is -3.00. The van der Waals surface area contributed by atoms with Gasteiger partial charge >= 0.3 is 0 Å². The van der Waals surface area contributed by atoms with Gasteiger partial charge in [-0.25, -0.2) is 38.6 Å². The summed E-state index contributed by atoms with van der Waals surface area (Å²) in [6.45, 7) is 2.05. The summed E-state index contributed by atoms with van der Waals surface area (Å²) in [6, 6.07) is 4.89. The molecule has 1 fully saturated rings. The number of sulfonamides is 1. The Hall–Kier alpha value is -3.86. The van der Waals surface area contributed by atoms with Gasteiger partial charge in [0.25, 0.3) is 20.9 Å². The van der Waals surface area contributed by atoms with E-state index in [2.05, 4.69) is 25.0 Å². The van der Waals surface area contributed by atoms with Crippen LogP contribution in [0.25, 0.3) is 0 Å². The van der Waals surface area contributed by atoms with Gasteiger partial charge in [0.15, 0.2) is 0 Å². The average molecular weight is 547 g/mol. The third-order valence-electron chi connectivity index (χ3n) is 5.71. The molecule has 0 radical (unpaired) electrons. The van der Waals surface area contributed by atoms with Crippen LogP contribution in [-0.2, 0) is 19.8 Å². The minimum Gasteiger partial charge on any atom is -0.481 e. The number of pyridine rings is 1. The number of methoxy groups -OCH3 is 1. The number of carbonyl (C=O) groups excluding carboxylic acids is 1. The van der Waals surface area contributed by atoms with Crippen molar-refractivity contribution in [2.75, 3.05) is 43.5 Å². The van der Waals surface area contributed by atoms with Crippen LogP contribution in [0.15, 0.2) is 47.2 Å². The van der Waals surface area contributed by atoms with Crippen LogP contribution in [0.2, 0.25) is 0 Å². The second kappa shape index (κ2) is 9.89. The van der Waals surface area contributed by atoms with Gasteiger partial charge in [-0.15, -0.1) is 11.3 Å². The zero-order valence-electron chi connectivity index (χ0n) is 19.4. The Labute approximate surface area is 215 Å². The van der Waals surface area contributed by atoms with Gasteiger partial charge < -0.3 is 19.7 Å². The Morgan fingerprint density at radius 3 is 2.59 bits per heavy atom. The summed E-state index contributed by atoms with van der Waals surface area (Å²) < 4.78 is 41.2. The minimum absolute atomic E-state index is 0.0640. The Balaban J connectivity index is 1.63. The fourth-order valence-electron chi connectivity index (χ4n) is 3.86. The highest BCUT2D eigenvalue weighted by molar-refractivity contribution is 7.93. The number of anilines is 2. The van der Waals surface area contributed by atoms with Crippen molar-refractivity contribution >= 4 is 44.7 Å². The van der Waals surface area contributed by atoms with Crippen LogP contribution in [0, 0.1) is 0 Å². The molecule has 3 aromatic heterocycles. The molecule has 0 aliphatic carbocycles. The molecule has 2 aliphatic heterocycles. The largest absolute Gasteiger partial charge is 0.481 e. The van der Waals surface area contributed by atoms with E-state index in [0.717, 1.165) is 17.3 Å². The van der Waals surface area contributed by atoms with Crippen LogP contribution >= 0.6 is 11.3 Å². The molecule has 4 N–H and O–H groups in total. The number of aromatic nitrogens is 3. The topological polar surface area (TPSA) is 180 Å². The van der Waals surface area contributed by atoms with E-state index >= 15 is 0 Å². The SMILES string of the molecule is COc1ccc(C2(S(=O)(=O)Nc3ncc(C(=O)NO)cn3)N=C(N3CCOCC3)c3sccc3N2)cn1. The van der Waals surface area contributed by atoms with Gasteiger partial charge in [-0.05, 0) is 17.5 Å². The highest BCUT2D eigenvalue weighted by Crippen LogP contribution is 2.42. The molecule has 2 aliphatic rings. The monoisotopic (exact) mass is 546 g/mol. The number of carbonyl (C=O) groups is 1. The van der Waals surface area contributed by atoms with Crippen molar-refractivity contribution in [1.82, 2.24) is 25.3 Å². The second-order valence-electron chi connectivity index (χ2n) is 7.90. The lowest BCUT2D eigenvalue weighted by Crippen LogP contribution is -2.51. The number of hydrogen-bond donors (Lipinski definition) is 4. The molecule has 0 aromatic carbocycles. The summed E-state index contributed by atoms with van der Waals surface area (Å²) in [6.07, 6.45) is 3.52. The zero-order valence-corrected chi connectivity index (χ0v) is 21.0. The smallest absolute Gasteiger partial charge is 0.285 e. The van der Waals surface area contributed by atoms with Crippen LogP contribution in [-0.4, -0.2) is 78.6 Å². The quantitative estimate of drug-likeness (QED) is 0.254. The predicted molar refractivity (Wildman–Crippen MR) is 133 cm³/mol. The molecule has 0 bridgehead atoms. The molecule has 5 rings (SSSR count). The van der Waals surface area contributed by atoms with E-state index in [9.17, 15) is 13.2 Å². The fourth-order valence-corrected chi connectivity index (χ4v) is 6.10. The Kier molecular flexibility index (Phi) is 6.63. The molecule has 16 heteroatoms. The highest BCUT2D eigenvalue weighted by atomic mass is 32.2. The number of thiophene rings is 1. The normalized spacial score (nSPS) is 19.3. The number of morpholine rings is 1. The number of hydroxylamine groups is 1. The number of fused-ring (bicyclic) bond motifs is 1. The van der Waals surface area contributed by atoms with Crippen molar-refractivity contribution in [1.29, 1.82) is 0 Å². The van der Waals surface area contributed by atoms with E-state index in [1.54, 1.807) is 18.2 Å². The minimum atomic E-state index is -4.46. The number of aliphatic imine (C=N–C) groups is 1. The zero-order chi connectivity index (χ0) is 26.0. The molecular formula is C21H22N8O6S2. The van der Waals surface area contributed by atoms with Crippen LogP contribution < -0.4 is 20.3 Å². The Morgan fingerprint density at radius 2 is 1.95 bits per heavy atom. The summed E-state index contributed by atoms with van der Waals surface area (Å²) in [4.78, 5) is 29.1. The average Bonchev–Trinajstić information content (AvgIpc) is 3.41. The van der Waals surface area contributed by atoms with Gasteiger partial charge in [-0.2, -0.15) is 0 Å².